The average Bonchev–Trinajstić information content (AvgIpc) is 2.28. The maximum atomic E-state index is 3.84. The first-order valence-corrected chi connectivity index (χ1v) is 7.80. The van der Waals surface area contributed by atoms with E-state index in [9.17, 15) is 0 Å². The molecule has 0 saturated heterocycles. The maximum Gasteiger partial charge on any atom is 0.00722 e. The lowest BCUT2D eigenvalue weighted by atomic mass is 9.75. The van der Waals surface area contributed by atoms with Crippen molar-refractivity contribution in [3.8, 4) is 0 Å². The summed E-state index contributed by atoms with van der Waals surface area (Å²) < 4.78 is 0. The molecular formula is C16H33N. The normalized spacial score (nSPS) is 25.8. The van der Waals surface area contributed by atoms with Crippen LogP contribution >= 0.6 is 0 Å². The highest BCUT2D eigenvalue weighted by Crippen LogP contribution is 2.35. The molecule has 1 N–H and O–H groups in total. The van der Waals surface area contributed by atoms with Gasteiger partial charge in [-0.15, -0.1) is 0 Å². The van der Waals surface area contributed by atoms with Gasteiger partial charge in [-0.2, -0.15) is 0 Å². The van der Waals surface area contributed by atoms with Gasteiger partial charge >= 0.3 is 0 Å². The molecule has 0 bridgehead atoms. The topological polar surface area (TPSA) is 12.0 Å². The largest absolute Gasteiger partial charge is 0.314 e. The van der Waals surface area contributed by atoms with Gasteiger partial charge < -0.3 is 5.32 Å². The van der Waals surface area contributed by atoms with Crippen LogP contribution in [0.1, 0.15) is 79.1 Å². The molecule has 0 aliphatic heterocycles. The minimum atomic E-state index is 0.570. The Kier molecular flexibility index (Phi) is 6.54. The molecule has 2 atom stereocenters. The van der Waals surface area contributed by atoms with E-state index < -0.39 is 0 Å². The summed E-state index contributed by atoms with van der Waals surface area (Å²) in [6.45, 7) is 10.7. The van der Waals surface area contributed by atoms with E-state index in [0.29, 0.717) is 5.41 Å². The third-order valence-corrected chi connectivity index (χ3v) is 4.44. The van der Waals surface area contributed by atoms with Gasteiger partial charge in [-0.25, -0.2) is 0 Å². The monoisotopic (exact) mass is 239 g/mol. The van der Waals surface area contributed by atoms with Gasteiger partial charge in [0.05, 0.1) is 0 Å². The second kappa shape index (κ2) is 7.41. The molecule has 0 spiro atoms. The molecule has 0 aromatic heterocycles. The van der Waals surface area contributed by atoms with E-state index in [1.54, 1.807) is 0 Å². The fraction of sp³-hybridized carbons (Fsp3) is 1.00. The van der Waals surface area contributed by atoms with Crippen molar-refractivity contribution in [2.75, 3.05) is 6.54 Å². The number of hydrogen-bond donors (Lipinski definition) is 1. The molecule has 1 heteroatoms. The van der Waals surface area contributed by atoms with E-state index in [0.717, 1.165) is 12.0 Å². The van der Waals surface area contributed by atoms with Gasteiger partial charge in [0.25, 0.3) is 0 Å². The lowest BCUT2D eigenvalue weighted by Crippen LogP contribution is -2.39. The zero-order valence-electron chi connectivity index (χ0n) is 12.5. The first kappa shape index (κ1) is 15.0. The molecule has 1 fully saturated rings. The zero-order valence-corrected chi connectivity index (χ0v) is 12.5. The van der Waals surface area contributed by atoms with Crippen molar-refractivity contribution in [1.29, 1.82) is 0 Å². The smallest absolute Gasteiger partial charge is 0.00722 e. The fourth-order valence-electron chi connectivity index (χ4n) is 3.15. The molecular weight excluding hydrogens is 206 g/mol. The van der Waals surface area contributed by atoms with Crippen molar-refractivity contribution in [1.82, 2.24) is 5.32 Å². The molecule has 17 heavy (non-hydrogen) atoms. The molecule has 1 rings (SSSR count). The van der Waals surface area contributed by atoms with Gasteiger partial charge in [0.15, 0.2) is 0 Å². The fourth-order valence-corrected chi connectivity index (χ4v) is 3.15. The Balaban J connectivity index is 2.23. The van der Waals surface area contributed by atoms with E-state index >= 15 is 0 Å². The van der Waals surface area contributed by atoms with Crippen molar-refractivity contribution in [3.63, 3.8) is 0 Å². The summed E-state index contributed by atoms with van der Waals surface area (Å²) in [6, 6.07) is 0.787. The SMILES string of the molecule is CCCCC(CC)CNC1CCCC(C)(C)C1. The Hall–Kier alpha value is -0.0400. The molecule has 1 aliphatic carbocycles. The van der Waals surface area contributed by atoms with Crippen LogP contribution < -0.4 is 5.32 Å². The predicted molar refractivity (Wildman–Crippen MR) is 77.3 cm³/mol. The van der Waals surface area contributed by atoms with E-state index in [-0.39, 0.29) is 0 Å². The third kappa shape index (κ3) is 5.90. The van der Waals surface area contributed by atoms with Crippen LogP contribution in [0.15, 0.2) is 0 Å². The van der Waals surface area contributed by atoms with Crippen LogP contribution in [0.3, 0.4) is 0 Å². The summed E-state index contributed by atoms with van der Waals surface area (Å²) in [5.74, 6) is 0.903. The molecule has 0 heterocycles. The molecule has 1 aliphatic rings. The Bertz CT molecular complexity index is 198. The molecule has 0 aromatic rings. The van der Waals surface area contributed by atoms with Crippen molar-refractivity contribution < 1.29 is 0 Å². The van der Waals surface area contributed by atoms with Crippen molar-refractivity contribution in [3.05, 3.63) is 0 Å². The summed E-state index contributed by atoms with van der Waals surface area (Å²) in [6.07, 6.45) is 11.1. The van der Waals surface area contributed by atoms with Crippen LogP contribution in [0.25, 0.3) is 0 Å². The van der Waals surface area contributed by atoms with Crippen molar-refractivity contribution in [2.24, 2.45) is 11.3 Å². The van der Waals surface area contributed by atoms with Gasteiger partial charge in [-0.05, 0) is 43.6 Å². The van der Waals surface area contributed by atoms with E-state index in [1.165, 1.54) is 57.9 Å². The highest BCUT2D eigenvalue weighted by atomic mass is 14.9. The maximum absolute atomic E-state index is 3.84. The molecule has 0 radical (unpaired) electrons. The predicted octanol–water partition coefficient (Wildman–Crippen LogP) is 4.76. The summed E-state index contributed by atoms with van der Waals surface area (Å²) in [4.78, 5) is 0. The average molecular weight is 239 g/mol. The lowest BCUT2D eigenvalue weighted by molar-refractivity contribution is 0.193. The number of rotatable bonds is 7. The molecule has 1 nitrogen and oxygen atoms in total. The highest BCUT2D eigenvalue weighted by Gasteiger charge is 2.27. The van der Waals surface area contributed by atoms with Crippen LogP contribution in [0.5, 0.6) is 0 Å². The van der Waals surface area contributed by atoms with Crippen LogP contribution in [0, 0.1) is 11.3 Å². The van der Waals surface area contributed by atoms with Crippen LogP contribution in [-0.2, 0) is 0 Å². The van der Waals surface area contributed by atoms with Gasteiger partial charge in [0.2, 0.25) is 0 Å². The quantitative estimate of drug-likeness (QED) is 0.675. The van der Waals surface area contributed by atoms with Gasteiger partial charge in [-0.1, -0.05) is 53.4 Å². The molecule has 102 valence electrons. The summed E-state index contributed by atoms with van der Waals surface area (Å²) in [5.41, 5.74) is 0.570. The Labute approximate surface area is 109 Å². The zero-order chi connectivity index (χ0) is 12.7. The van der Waals surface area contributed by atoms with Crippen LogP contribution in [0.2, 0.25) is 0 Å². The highest BCUT2D eigenvalue weighted by molar-refractivity contribution is 4.83. The Morgan fingerprint density at radius 2 is 2.06 bits per heavy atom. The Morgan fingerprint density at radius 3 is 2.65 bits per heavy atom. The third-order valence-electron chi connectivity index (χ3n) is 4.44. The molecule has 1 saturated carbocycles. The molecule has 0 aromatic carbocycles. The van der Waals surface area contributed by atoms with E-state index in [4.69, 9.17) is 0 Å². The number of hydrogen-bond acceptors (Lipinski definition) is 1. The summed E-state index contributed by atoms with van der Waals surface area (Å²) in [5, 5.41) is 3.84. The van der Waals surface area contributed by atoms with Crippen molar-refractivity contribution >= 4 is 0 Å². The first-order chi connectivity index (χ1) is 8.07. The number of nitrogens with one attached hydrogen (secondary N) is 1. The second-order valence-corrected chi connectivity index (χ2v) is 6.78. The molecule has 2 unspecified atom stereocenters. The summed E-state index contributed by atoms with van der Waals surface area (Å²) >= 11 is 0. The first-order valence-electron chi connectivity index (χ1n) is 7.80. The summed E-state index contributed by atoms with van der Waals surface area (Å²) in [7, 11) is 0. The second-order valence-electron chi connectivity index (χ2n) is 6.78. The number of unbranched alkanes of at least 4 members (excludes halogenated alkanes) is 1. The van der Waals surface area contributed by atoms with Crippen molar-refractivity contribution in [2.45, 2.75) is 85.1 Å². The standard InChI is InChI=1S/C16H33N/c1-5-7-9-14(6-2)13-17-15-10-8-11-16(3,4)12-15/h14-15,17H,5-13H2,1-4H3. The van der Waals surface area contributed by atoms with E-state index in [2.05, 4.69) is 33.0 Å². The van der Waals surface area contributed by atoms with Gasteiger partial charge in [0, 0.05) is 6.04 Å². The van der Waals surface area contributed by atoms with Crippen LogP contribution in [0.4, 0.5) is 0 Å². The minimum absolute atomic E-state index is 0.570. The Morgan fingerprint density at radius 1 is 1.29 bits per heavy atom. The minimum Gasteiger partial charge on any atom is -0.314 e. The van der Waals surface area contributed by atoms with Gasteiger partial charge in [-0.3, -0.25) is 0 Å². The lowest BCUT2D eigenvalue weighted by Gasteiger charge is -2.36. The molecule has 0 amide bonds. The van der Waals surface area contributed by atoms with E-state index in [1.807, 2.05) is 0 Å². The van der Waals surface area contributed by atoms with Gasteiger partial charge in [0.1, 0.15) is 0 Å². The van der Waals surface area contributed by atoms with Crippen LogP contribution in [-0.4, -0.2) is 12.6 Å².